The molecule has 2 aliphatic heterocycles. The molecule has 2 aromatic rings. The molecule has 7 nitrogen and oxygen atoms in total. The number of hydrogen-bond donors (Lipinski definition) is 1. The Balaban J connectivity index is 1.59. The van der Waals surface area contributed by atoms with E-state index in [1.165, 1.54) is 0 Å². The van der Waals surface area contributed by atoms with Crippen LogP contribution in [0.5, 0.6) is 5.75 Å². The molecule has 33 heavy (non-hydrogen) atoms. The van der Waals surface area contributed by atoms with Gasteiger partial charge in [-0.2, -0.15) is 0 Å². The van der Waals surface area contributed by atoms with Crippen LogP contribution in [0.2, 0.25) is 0 Å². The molecule has 1 aromatic carbocycles. The zero-order valence-electron chi connectivity index (χ0n) is 19.8. The maximum Gasteiger partial charge on any atom is 0.254 e. The molecule has 4 rings (SSSR count). The van der Waals surface area contributed by atoms with E-state index in [2.05, 4.69) is 17.2 Å². The summed E-state index contributed by atoms with van der Waals surface area (Å²) in [6.45, 7) is 5.92. The van der Waals surface area contributed by atoms with E-state index >= 15 is 0 Å². The van der Waals surface area contributed by atoms with Gasteiger partial charge in [-0.25, -0.2) is 0 Å². The monoisotopic (exact) mass is 450 g/mol. The summed E-state index contributed by atoms with van der Waals surface area (Å²) >= 11 is 0. The van der Waals surface area contributed by atoms with E-state index in [4.69, 9.17) is 4.74 Å². The lowest BCUT2D eigenvalue weighted by molar-refractivity contribution is -0.138. The van der Waals surface area contributed by atoms with Gasteiger partial charge in [0.05, 0.1) is 24.4 Å². The number of amides is 2. The highest BCUT2D eigenvalue weighted by Gasteiger charge is 2.48. The van der Waals surface area contributed by atoms with Crippen LogP contribution in [-0.4, -0.2) is 58.4 Å². The molecule has 2 atom stereocenters. The number of methoxy groups -OCH3 is 1. The van der Waals surface area contributed by atoms with Crippen molar-refractivity contribution in [2.24, 2.45) is 0 Å². The quantitative estimate of drug-likeness (QED) is 0.742. The van der Waals surface area contributed by atoms with Gasteiger partial charge in [0.15, 0.2) is 0 Å². The number of anilines is 1. The molecule has 0 bridgehead atoms. The maximum atomic E-state index is 13.8. The number of hydrogen-bond acceptors (Lipinski definition) is 5. The zero-order chi connectivity index (χ0) is 23.4. The number of aromatic nitrogens is 1. The fraction of sp³-hybridized carbons (Fsp3) is 0.500. The molecule has 3 heterocycles. The molecule has 2 amide bonds. The van der Waals surface area contributed by atoms with Crippen molar-refractivity contribution in [1.29, 1.82) is 0 Å². The maximum absolute atomic E-state index is 13.8. The van der Waals surface area contributed by atoms with E-state index in [-0.39, 0.29) is 23.4 Å². The Hall–Kier alpha value is -3.09. The van der Waals surface area contributed by atoms with Crippen LogP contribution in [0.4, 0.5) is 5.69 Å². The zero-order valence-corrected chi connectivity index (χ0v) is 19.8. The number of piperidine rings is 1. The molecule has 2 saturated heterocycles. The summed E-state index contributed by atoms with van der Waals surface area (Å²) in [6, 6.07) is 9.50. The number of carbonyl (C=O) groups is 2. The second-order valence-corrected chi connectivity index (χ2v) is 9.27. The lowest BCUT2D eigenvalue weighted by Gasteiger charge is -2.52. The van der Waals surface area contributed by atoms with Gasteiger partial charge in [0.1, 0.15) is 5.75 Å². The van der Waals surface area contributed by atoms with E-state index in [1.54, 1.807) is 26.4 Å². The number of pyridine rings is 1. The Morgan fingerprint density at radius 2 is 1.94 bits per heavy atom. The third kappa shape index (κ3) is 4.68. The normalized spacial score (nSPS) is 22.8. The number of rotatable bonds is 5. The first-order valence-corrected chi connectivity index (χ1v) is 11.8. The Morgan fingerprint density at radius 1 is 1.15 bits per heavy atom. The summed E-state index contributed by atoms with van der Waals surface area (Å²) in [5.74, 6) is 0.818. The average molecular weight is 451 g/mol. The van der Waals surface area contributed by atoms with Crippen LogP contribution in [0.15, 0.2) is 42.7 Å². The molecule has 0 spiro atoms. The van der Waals surface area contributed by atoms with Gasteiger partial charge >= 0.3 is 0 Å². The summed E-state index contributed by atoms with van der Waals surface area (Å²) in [6.07, 6.45) is 8.29. The van der Waals surface area contributed by atoms with Crippen LogP contribution in [0, 0.1) is 0 Å². The van der Waals surface area contributed by atoms with E-state index in [1.807, 2.05) is 40.1 Å². The Morgan fingerprint density at radius 3 is 2.67 bits per heavy atom. The van der Waals surface area contributed by atoms with Gasteiger partial charge < -0.3 is 19.9 Å². The number of carbonyl (C=O) groups excluding carboxylic acids is 2. The van der Waals surface area contributed by atoms with Crippen molar-refractivity contribution in [2.75, 3.05) is 25.5 Å². The molecular weight excluding hydrogens is 416 g/mol. The average Bonchev–Trinajstić information content (AvgIpc) is 3.01. The van der Waals surface area contributed by atoms with E-state index in [0.29, 0.717) is 17.9 Å². The summed E-state index contributed by atoms with van der Waals surface area (Å²) in [4.78, 5) is 34.3. The Labute approximate surface area is 196 Å². The Bertz CT molecular complexity index is 996. The number of likely N-dealkylation sites (tertiary alicyclic amines) is 2. The first kappa shape index (κ1) is 23.1. The summed E-state index contributed by atoms with van der Waals surface area (Å²) in [5.41, 5.74) is 2.20. The molecule has 2 aliphatic rings. The Kier molecular flexibility index (Phi) is 6.86. The van der Waals surface area contributed by atoms with Gasteiger partial charge in [-0.15, -0.1) is 0 Å². The highest BCUT2D eigenvalue weighted by Crippen LogP contribution is 2.39. The largest absolute Gasteiger partial charge is 0.495 e. The molecule has 7 heteroatoms. The highest BCUT2D eigenvalue weighted by molar-refractivity contribution is 5.96. The van der Waals surface area contributed by atoms with Gasteiger partial charge in [-0.05, 0) is 74.9 Å². The SMILES string of the molecule is COc1ccc(C(=O)N2CCC[C@@]3(C)[C@@H]2CCCCN3C(C)=O)cc1NCc1ccncc1. The summed E-state index contributed by atoms with van der Waals surface area (Å²) in [7, 11) is 1.63. The fourth-order valence-electron chi connectivity index (χ4n) is 5.51. The van der Waals surface area contributed by atoms with Crippen molar-refractivity contribution in [2.45, 2.75) is 64.1 Å². The van der Waals surface area contributed by atoms with Crippen LogP contribution >= 0.6 is 0 Å². The lowest BCUT2D eigenvalue weighted by Crippen LogP contribution is -2.64. The van der Waals surface area contributed by atoms with E-state index < -0.39 is 0 Å². The van der Waals surface area contributed by atoms with Crippen LogP contribution in [-0.2, 0) is 11.3 Å². The summed E-state index contributed by atoms with van der Waals surface area (Å²) < 4.78 is 5.53. The molecule has 0 saturated carbocycles. The van der Waals surface area contributed by atoms with Crippen molar-refractivity contribution < 1.29 is 14.3 Å². The van der Waals surface area contributed by atoms with E-state index in [0.717, 1.165) is 56.4 Å². The number of nitrogens with zero attached hydrogens (tertiary/aromatic N) is 3. The molecule has 2 fully saturated rings. The van der Waals surface area contributed by atoms with Crippen LogP contribution in [0.25, 0.3) is 0 Å². The second-order valence-electron chi connectivity index (χ2n) is 9.27. The molecule has 0 radical (unpaired) electrons. The molecule has 1 N–H and O–H groups in total. The van der Waals surface area contributed by atoms with Gasteiger partial charge in [0, 0.05) is 44.5 Å². The topological polar surface area (TPSA) is 74.8 Å². The third-order valence-electron chi connectivity index (χ3n) is 7.22. The minimum absolute atomic E-state index is 0.0194. The van der Waals surface area contributed by atoms with Crippen LogP contribution in [0.1, 0.15) is 61.9 Å². The number of benzene rings is 1. The minimum Gasteiger partial charge on any atom is -0.495 e. The fourth-order valence-corrected chi connectivity index (χ4v) is 5.51. The van der Waals surface area contributed by atoms with Crippen molar-refractivity contribution in [3.05, 3.63) is 53.9 Å². The molecule has 0 unspecified atom stereocenters. The second kappa shape index (κ2) is 9.81. The molecule has 1 aromatic heterocycles. The molecule has 176 valence electrons. The van der Waals surface area contributed by atoms with Gasteiger partial charge in [-0.3, -0.25) is 14.6 Å². The van der Waals surface area contributed by atoms with Crippen molar-refractivity contribution in [1.82, 2.24) is 14.8 Å². The van der Waals surface area contributed by atoms with Crippen LogP contribution < -0.4 is 10.1 Å². The standard InChI is InChI=1S/C26H34N4O3/c1-19(31)30-16-5-4-7-24-26(30,2)12-6-15-29(24)25(32)21-8-9-23(33-3)22(17-21)28-18-20-10-13-27-14-11-20/h8-11,13-14,17,24,28H,4-7,12,15-16,18H2,1-3H3/t24-,26-/m0/s1. The number of fused-ring (bicyclic) bond motifs is 1. The molecular formula is C26H34N4O3. The first-order chi connectivity index (χ1) is 15.9. The predicted molar refractivity (Wildman–Crippen MR) is 128 cm³/mol. The smallest absolute Gasteiger partial charge is 0.254 e. The van der Waals surface area contributed by atoms with E-state index in [9.17, 15) is 9.59 Å². The first-order valence-electron chi connectivity index (χ1n) is 11.8. The number of nitrogens with one attached hydrogen (secondary N) is 1. The number of ether oxygens (including phenoxy) is 1. The van der Waals surface area contributed by atoms with Crippen molar-refractivity contribution in [3.8, 4) is 5.75 Å². The van der Waals surface area contributed by atoms with Gasteiger partial charge in [-0.1, -0.05) is 0 Å². The van der Waals surface area contributed by atoms with Crippen molar-refractivity contribution in [3.63, 3.8) is 0 Å². The minimum atomic E-state index is -0.314. The lowest BCUT2D eigenvalue weighted by atomic mass is 9.79. The highest BCUT2D eigenvalue weighted by atomic mass is 16.5. The third-order valence-corrected chi connectivity index (χ3v) is 7.22. The molecule has 0 aliphatic carbocycles. The van der Waals surface area contributed by atoms with Crippen molar-refractivity contribution >= 4 is 17.5 Å². The van der Waals surface area contributed by atoms with Crippen LogP contribution in [0.3, 0.4) is 0 Å². The predicted octanol–water partition coefficient (Wildman–Crippen LogP) is 4.10. The summed E-state index contributed by atoms with van der Waals surface area (Å²) in [5, 5.41) is 3.40. The van der Waals surface area contributed by atoms with Gasteiger partial charge in [0.2, 0.25) is 5.91 Å². The van der Waals surface area contributed by atoms with Gasteiger partial charge in [0.25, 0.3) is 5.91 Å².